The average Bonchev–Trinajstić information content (AvgIpc) is 4.36. The summed E-state index contributed by atoms with van der Waals surface area (Å²) in [6.07, 6.45) is 9.74. The second kappa shape index (κ2) is 23.0. The molecule has 6 heterocycles. The fraction of sp³-hybridized carbons (Fsp3) is 0.323. The number of benzene rings is 3. The third-order valence-electron chi connectivity index (χ3n) is 14.8. The van der Waals surface area contributed by atoms with Crippen LogP contribution in [0.1, 0.15) is 77.0 Å². The van der Waals surface area contributed by atoms with Crippen molar-refractivity contribution in [3.8, 4) is 23.3 Å². The molecule has 6 aliphatic rings. The van der Waals surface area contributed by atoms with Crippen molar-refractivity contribution in [2.75, 3.05) is 59.7 Å². The first-order valence-corrected chi connectivity index (χ1v) is 26.1. The fourth-order valence-corrected chi connectivity index (χ4v) is 10.5. The number of carbonyl (C=O) groups excluding carboxylic acids is 1. The Morgan fingerprint density at radius 2 is 1.49 bits per heavy atom. The Hall–Kier alpha value is -8.16. The summed E-state index contributed by atoms with van der Waals surface area (Å²) in [5, 5.41) is 19.5. The normalized spacial score (nSPS) is 18.5. The highest BCUT2D eigenvalue weighted by Crippen LogP contribution is 2.47. The molecular weight excluding hydrogens is 971 g/mol. The lowest BCUT2D eigenvalue weighted by Gasteiger charge is -2.17. The van der Waals surface area contributed by atoms with Crippen molar-refractivity contribution >= 4 is 45.5 Å². The Balaban J connectivity index is 0.890. The first kappa shape index (κ1) is 52.3. The smallest absolute Gasteiger partial charge is 0.305 e. The molecule has 1 fully saturated rings. The highest BCUT2D eigenvalue weighted by molar-refractivity contribution is 6.21. The average molecular weight is 1030 g/mol. The molecule has 3 aromatic carbocycles. The topological polar surface area (TPSA) is 180 Å². The van der Waals surface area contributed by atoms with Crippen LogP contribution in [0.5, 0.6) is 11.5 Å². The van der Waals surface area contributed by atoms with Crippen LogP contribution in [0, 0.1) is 23.7 Å². The van der Waals surface area contributed by atoms with E-state index in [0.717, 1.165) is 119 Å². The number of hydrogen-bond acceptors (Lipinski definition) is 15. The number of rotatable bonds is 18. The van der Waals surface area contributed by atoms with Crippen LogP contribution in [0.2, 0.25) is 0 Å². The van der Waals surface area contributed by atoms with Gasteiger partial charge in [-0.25, -0.2) is 24.9 Å². The second-order valence-corrected chi connectivity index (χ2v) is 19.6. The number of allylic oxidation sites excluding steroid dienone is 11. The van der Waals surface area contributed by atoms with Gasteiger partial charge in [-0.05, 0) is 116 Å². The van der Waals surface area contributed by atoms with Gasteiger partial charge in [-0.2, -0.15) is 0 Å². The second-order valence-electron chi connectivity index (χ2n) is 19.6. The van der Waals surface area contributed by atoms with E-state index in [1.807, 2.05) is 67.6 Å². The third kappa shape index (κ3) is 11.0. The Bertz CT molecular complexity index is 3520. The maximum Gasteiger partial charge on any atom is 0.305 e. The van der Waals surface area contributed by atoms with E-state index in [1.165, 1.54) is 13.4 Å². The van der Waals surface area contributed by atoms with Crippen LogP contribution < -0.4 is 20.1 Å². The number of nitrogens with zero attached hydrogens (tertiary/aromatic N) is 5. The monoisotopic (exact) mass is 1030 g/mol. The van der Waals surface area contributed by atoms with Crippen molar-refractivity contribution in [2.24, 2.45) is 26.8 Å². The molecule has 8 bridgehead atoms. The van der Waals surface area contributed by atoms with Gasteiger partial charge in [-0.15, -0.1) is 0 Å². The van der Waals surface area contributed by atoms with Gasteiger partial charge in [0.1, 0.15) is 31.1 Å². The number of esters is 1. The summed E-state index contributed by atoms with van der Waals surface area (Å²) in [6, 6.07) is 19.7. The molecule has 15 heteroatoms. The summed E-state index contributed by atoms with van der Waals surface area (Å²) >= 11 is 0. The predicted molar refractivity (Wildman–Crippen MR) is 299 cm³/mol. The number of aromatic nitrogens is 2. The number of nitrogens with one attached hydrogen (secondary N) is 2. The van der Waals surface area contributed by atoms with E-state index in [-0.39, 0.29) is 24.2 Å². The van der Waals surface area contributed by atoms with Crippen molar-refractivity contribution in [2.45, 2.75) is 66.9 Å². The first-order chi connectivity index (χ1) is 37.4. The van der Waals surface area contributed by atoms with Gasteiger partial charge >= 0.3 is 5.97 Å². The van der Waals surface area contributed by atoms with Crippen LogP contribution in [-0.4, -0.2) is 92.5 Å². The summed E-state index contributed by atoms with van der Waals surface area (Å²) in [7, 11) is 4.68. The van der Waals surface area contributed by atoms with E-state index >= 15 is 0 Å². The lowest BCUT2D eigenvalue weighted by atomic mass is 9.86. The Morgan fingerprint density at radius 3 is 2.23 bits per heavy atom. The number of hydrogen-bond donors (Lipinski definition) is 3. The van der Waals surface area contributed by atoms with E-state index in [1.54, 1.807) is 14.2 Å². The van der Waals surface area contributed by atoms with E-state index < -0.39 is 0 Å². The molecule has 2 atom stereocenters. The van der Waals surface area contributed by atoms with Crippen LogP contribution in [0.15, 0.2) is 173 Å². The quantitative estimate of drug-likeness (QED) is 0.0488. The van der Waals surface area contributed by atoms with Crippen molar-refractivity contribution in [3.63, 3.8) is 0 Å². The molecule has 15 nitrogen and oxygen atoms in total. The molecule has 10 rings (SSSR count). The molecule has 0 saturated carbocycles. The van der Waals surface area contributed by atoms with Gasteiger partial charge in [0.2, 0.25) is 0 Å². The van der Waals surface area contributed by atoms with E-state index in [9.17, 15) is 9.90 Å². The minimum Gasteiger partial charge on any atom is -0.511 e. The van der Waals surface area contributed by atoms with Crippen LogP contribution in [0.3, 0.4) is 0 Å². The van der Waals surface area contributed by atoms with Crippen LogP contribution in [-0.2, 0) is 30.3 Å². The molecule has 394 valence electrons. The zero-order valence-electron chi connectivity index (χ0n) is 44.8. The number of methoxy groups -OCH3 is 3. The molecule has 0 spiro atoms. The number of aliphatic imine (C=N–C) groups is 3. The van der Waals surface area contributed by atoms with Gasteiger partial charge < -0.3 is 44.2 Å². The maximum atomic E-state index is 12.5. The van der Waals surface area contributed by atoms with E-state index in [2.05, 4.69) is 78.4 Å². The largest absolute Gasteiger partial charge is 0.511 e. The summed E-state index contributed by atoms with van der Waals surface area (Å²) in [5.74, 6) is 8.43. The number of ether oxygens (including phenoxy) is 6. The SMILES string of the molecule is CCC1=C(C)C2=NC1=CC1=C(C)C3=C(O)CC(=C4NC(=CC5=NC(=C2)C(COCc2cccc(C#Cc6cccc(Nc7ncnc8cc(OCCOC)c(OCCOC)cc78)c6)c2)=C5C)[C@@H](C)[C@@H]4CCC(=O)OC)C3=N1. The molecule has 1 aliphatic carbocycles. The van der Waals surface area contributed by atoms with Gasteiger partial charge in [0.15, 0.2) is 11.5 Å². The van der Waals surface area contributed by atoms with Gasteiger partial charge in [-0.1, -0.05) is 43.9 Å². The molecule has 0 radical (unpaired) electrons. The summed E-state index contributed by atoms with van der Waals surface area (Å²) in [4.78, 5) is 37.3. The fourth-order valence-electron chi connectivity index (χ4n) is 10.5. The summed E-state index contributed by atoms with van der Waals surface area (Å²) < 4.78 is 34.1. The Morgan fingerprint density at radius 1 is 0.792 bits per heavy atom. The number of fused-ring (bicyclic) bond motifs is 6. The number of aliphatic hydroxyl groups excluding tert-OH is 1. The van der Waals surface area contributed by atoms with Crippen molar-refractivity contribution in [1.29, 1.82) is 0 Å². The van der Waals surface area contributed by atoms with Crippen LogP contribution in [0.25, 0.3) is 10.9 Å². The molecule has 0 unspecified atom stereocenters. The molecule has 1 aromatic heterocycles. The third-order valence-corrected chi connectivity index (χ3v) is 14.8. The lowest BCUT2D eigenvalue weighted by molar-refractivity contribution is -0.140. The Kier molecular flexibility index (Phi) is 15.6. The molecule has 1 saturated heterocycles. The minimum atomic E-state index is -0.259. The molecule has 4 aromatic rings. The molecule has 77 heavy (non-hydrogen) atoms. The first-order valence-electron chi connectivity index (χ1n) is 26.1. The van der Waals surface area contributed by atoms with E-state index in [0.29, 0.717) is 81.1 Å². The summed E-state index contributed by atoms with van der Waals surface area (Å²) in [5.41, 5.74) is 17.8. The number of anilines is 2. The molecular formula is C62H63N7O8. The molecule has 3 N–H and O–H groups in total. The predicted octanol–water partition coefficient (Wildman–Crippen LogP) is 11.0. The van der Waals surface area contributed by atoms with Crippen molar-refractivity contribution in [1.82, 2.24) is 15.3 Å². The van der Waals surface area contributed by atoms with Crippen molar-refractivity contribution in [3.05, 3.63) is 175 Å². The van der Waals surface area contributed by atoms with E-state index in [4.69, 9.17) is 43.4 Å². The van der Waals surface area contributed by atoms with Gasteiger partial charge in [0.05, 0.1) is 73.3 Å². The van der Waals surface area contributed by atoms with Gasteiger partial charge in [0.25, 0.3) is 0 Å². The van der Waals surface area contributed by atoms with Gasteiger partial charge in [-0.3, -0.25) is 4.79 Å². The lowest BCUT2D eigenvalue weighted by Crippen LogP contribution is -2.16. The number of aliphatic hydroxyl groups is 1. The minimum absolute atomic E-state index is 0.00637. The standard InChI is InChI=1S/C62H63N7O8/c1-9-43-35(2)49-29-54-47(37(4)48(67-54)28-50-36(3)44(18-19-58(71)74-8)60(68-50)46-26-55(70)59-38(5)51(69-61(46)59)30-53(43)66-49)33-75-32-41-14-10-12-39(24-41)16-17-40-13-11-15-42(25-40)65-62-45-27-56(76-22-20-72-6)57(77-23-21-73-7)31-52(45)63-34-64-62/h10-15,24-25,27-31,34,36,44,68,70H,9,18-23,26,32-33H2,1-8H3,(H,63,64,65)/t36-,44-/m0/s1. The maximum absolute atomic E-state index is 12.5. The van der Waals surface area contributed by atoms with Crippen LogP contribution in [0.4, 0.5) is 11.5 Å². The number of carbonyl (C=O) groups is 1. The van der Waals surface area contributed by atoms with Crippen molar-refractivity contribution < 1.29 is 38.3 Å². The highest BCUT2D eigenvalue weighted by Gasteiger charge is 2.41. The Labute approximate surface area is 449 Å². The zero-order chi connectivity index (χ0) is 53.7. The highest BCUT2D eigenvalue weighted by atomic mass is 16.5. The van der Waals surface area contributed by atoms with Gasteiger partial charge in [0, 0.05) is 95.3 Å². The molecule has 5 aliphatic heterocycles. The summed E-state index contributed by atoms with van der Waals surface area (Å²) in [6.45, 7) is 12.8. The molecule has 0 amide bonds. The zero-order valence-corrected chi connectivity index (χ0v) is 44.8. The van der Waals surface area contributed by atoms with Crippen LogP contribution >= 0.6 is 0 Å².